The maximum Gasteiger partial charge on any atom is 0.127 e. The molecule has 3 rings (SSSR count). The minimum atomic E-state index is -0.215. The molecule has 1 aromatic carbocycles. The smallest absolute Gasteiger partial charge is 0.127 e. The number of benzene rings is 1. The maximum atomic E-state index is 6.34. The number of aryl methyl sites for hydroxylation is 1. The Morgan fingerprint density at radius 1 is 1.33 bits per heavy atom. The molecule has 3 nitrogen and oxygen atoms in total. The van der Waals surface area contributed by atoms with Crippen molar-refractivity contribution in [2.75, 3.05) is 6.61 Å². The maximum absolute atomic E-state index is 6.34. The van der Waals surface area contributed by atoms with Crippen LogP contribution in [-0.4, -0.2) is 6.61 Å². The van der Waals surface area contributed by atoms with E-state index in [2.05, 4.69) is 22.0 Å². The summed E-state index contributed by atoms with van der Waals surface area (Å²) >= 11 is 3.53. The van der Waals surface area contributed by atoms with Crippen LogP contribution in [0, 0.1) is 6.92 Å². The van der Waals surface area contributed by atoms with Crippen molar-refractivity contribution in [3.05, 3.63) is 51.4 Å². The number of hydrogen-bond donors (Lipinski definition) is 1. The average Bonchev–Trinajstić information content (AvgIpc) is 2.95. The summed E-state index contributed by atoms with van der Waals surface area (Å²) in [5.74, 6) is 1.79. The summed E-state index contributed by atoms with van der Waals surface area (Å²) in [7, 11) is 0. The van der Waals surface area contributed by atoms with Gasteiger partial charge in [-0.15, -0.1) is 0 Å². The number of furan rings is 1. The van der Waals surface area contributed by atoms with E-state index in [1.54, 1.807) is 6.26 Å². The topological polar surface area (TPSA) is 48.4 Å². The van der Waals surface area contributed by atoms with Crippen LogP contribution in [0.3, 0.4) is 0 Å². The third-order valence-corrected chi connectivity index (χ3v) is 3.80. The first-order chi connectivity index (χ1) is 8.66. The molecule has 0 bridgehead atoms. The molecule has 1 unspecified atom stereocenters. The second kappa shape index (κ2) is 4.44. The molecule has 1 aliphatic rings. The minimum Gasteiger partial charge on any atom is -0.493 e. The van der Waals surface area contributed by atoms with Crippen molar-refractivity contribution in [1.82, 2.24) is 0 Å². The van der Waals surface area contributed by atoms with Crippen LogP contribution in [0.4, 0.5) is 0 Å². The molecule has 4 heteroatoms. The first-order valence-corrected chi connectivity index (χ1v) is 6.71. The number of halogens is 1. The number of nitrogens with two attached hydrogens (primary N) is 1. The Morgan fingerprint density at radius 2 is 2.17 bits per heavy atom. The predicted octanol–water partition coefficient (Wildman–Crippen LogP) is 3.33. The molecular weight excluding hydrogens is 294 g/mol. The van der Waals surface area contributed by atoms with E-state index in [0.717, 1.165) is 40.1 Å². The van der Waals surface area contributed by atoms with Gasteiger partial charge in [0.25, 0.3) is 0 Å². The quantitative estimate of drug-likeness (QED) is 0.925. The molecule has 1 atom stereocenters. The van der Waals surface area contributed by atoms with Crippen LogP contribution in [0.15, 0.2) is 33.4 Å². The van der Waals surface area contributed by atoms with Crippen LogP contribution in [0.25, 0.3) is 0 Å². The highest BCUT2D eigenvalue weighted by Crippen LogP contribution is 2.38. The molecule has 0 radical (unpaired) electrons. The fraction of sp³-hybridized carbons (Fsp3) is 0.286. The highest BCUT2D eigenvalue weighted by molar-refractivity contribution is 9.10. The Kier molecular flexibility index (Phi) is 2.92. The molecule has 0 saturated carbocycles. The number of fused-ring (bicyclic) bond motifs is 1. The Labute approximate surface area is 114 Å². The molecule has 1 aliphatic heterocycles. The standard InChI is InChI=1S/C14H14BrNO2/c1-8-11(3-5-17-8)13(16)12-7-10(15)6-9-2-4-18-14(9)12/h3,5-7,13H,2,4,16H2,1H3. The Morgan fingerprint density at radius 3 is 2.89 bits per heavy atom. The second-order valence-corrected chi connectivity index (χ2v) is 5.41. The van der Waals surface area contributed by atoms with E-state index in [-0.39, 0.29) is 6.04 Å². The van der Waals surface area contributed by atoms with Gasteiger partial charge < -0.3 is 14.9 Å². The normalized spacial score (nSPS) is 15.3. The summed E-state index contributed by atoms with van der Waals surface area (Å²) in [6, 6.07) is 5.83. The van der Waals surface area contributed by atoms with Crippen molar-refractivity contribution < 1.29 is 9.15 Å². The van der Waals surface area contributed by atoms with Crippen LogP contribution >= 0.6 is 15.9 Å². The molecule has 0 aliphatic carbocycles. The van der Waals surface area contributed by atoms with Crippen LogP contribution in [0.1, 0.15) is 28.5 Å². The van der Waals surface area contributed by atoms with Gasteiger partial charge in [-0.1, -0.05) is 15.9 Å². The molecule has 94 valence electrons. The molecule has 2 heterocycles. The molecule has 0 fully saturated rings. The van der Waals surface area contributed by atoms with E-state index in [1.165, 1.54) is 5.56 Å². The Hall–Kier alpha value is -1.26. The molecule has 0 amide bonds. The fourth-order valence-electron chi connectivity index (χ4n) is 2.41. The lowest BCUT2D eigenvalue weighted by Crippen LogP contribution is -2.13. The van der Waals surface area contributed by atoms with Crippen molar-refractivity contribution in [3.63, 3.8) is 0 Å². The van der Waals surface area contributed by atoms with Gasteiger partial charge in [0.2, 0.25) is 0 Å². The van der Waals surface area contributed by atoms with E-state index in [0.29, 0.717) is 0 Å². The van der Waals surface area contributed by atoms with Gasteiger partial charge in [0.15, 0.2) is 0 Å². The zero-order valence-corrected chi connectivity index (χ0v) is 11.7. The van der Waals surface area contributed by atoms with E-state index in [9.17, 15) is 0 Å². The first-order valence-electron chi connectivity index (χ1n) is 5.91. The summed E-state index contributed by atoms with van der Waals surface area (Å²) in [6.07, 6.45) is 2.61. The van der Waals surface area contributed by atoms with Crippen molar-refractivity contribution in [2.24, 2.45) is 5.73 Å². The van der Waals surface area contributed by atoms with Crippen LogP contribution < -0.4 is 10.5 Å². The molecule has 18 heavy (non-hydrogen) atoms. The third-order valence-electron chi connectivity index (χ3n) is 3.35. The van der Waals surface area contributed by atoms with E-state index in [1.807, 2.05) is 19.1 Å². The Balaban J connectivity index is 2.10. The van der Waals surface area contributed by atoms with Gasteiger partial charge in [0.05, 0.1) is 18.9 Å². The van der Waals surface area contributed by atoms with E-state index >= 15 is 0 Å². The van der Waals surface area contributed by atoms with Gasteiger partial charge in [-0.05, 0) is 30.7 Å². The molecule has 0 saturated heterocycles. The fourth-order valence-corrected chi connectivity index (χ4v) is 2.94. The summed E-state index contributed by atoms with van der Waals surface area (Å²) in [6.45, 7) is 2.66. The first kappa shape index (κ1) is 11.8. The van der Waals surface area contributed by atoms with Gasteiger partial charge in [-0.25, -0.2) is 0 Å². The highest BCUT2D eigenvalue weighted by Gasteiger charge is 2.23. The molecule has 2 aromatic rings. The van der Waals surface area contributed by atoms with Gasteiger partial charge in [-0.3, -0.25) is 0 Å². The van der Waals surface area contributed by atoms with E-state index < -0.39 is 0 Å². The second-order valence-electron chi connectivity index (χ2n) is 4.49. The van der Waals surface area contributed by atoms with E-state index in [4.69, 9.17) is 14.9 Å². The summed E-state index contributed by atoms with van der Waals surface area (Å²) in [4.78, 5) is 0. The van der Waals surface area contributed by atoms with Gasteiger partial charge in [0.1, 0.15) is 11.5 Å². The molecular formula is C14H14BrNO2. The van der Waals surface area contributed by atoms with Crippen LogP contribution in [0.2, 0.25) is 0 Å². The lowest BCUT2D eigenvalue weighted by molar-refractivity contribution is 0.352. The van der Waals surface area contributed by atoms with Gasteiger partial charge >= 0.3 is 0 Å². The molecule has 0 spiro atoms. The number of rotatable bonds is 2. The lowest BCUT2D eigenvalue weighted by Gasteiger charge is -2.15. The minimum absolute atomic E-state index is 0.215. The molecule has 1 aromatic heterocycles. The molecule has 2 N–H and O–H groups in total. The summed E-state index contributed by atoms with van der Waals surface area (Å²) in [5, 5.41) is 0. The Bertz CT molecular complexity index is 591. The zero-order valence-electron chi connectivity index (χ0n) is 10.1. The predicted molar refractivity (Wildman–Crippen MR) is 72.8 cm³/mol. The third kappa shape index (κ3) is 1.85. The number of hydrogen-bond acceptors (Lipinski definition) is 3. The van der Waals surface area contributed by atoms with Crippen molar-refractivity contribution in [1.29, 1.82) is 0 Å². The van der Waals surface area contributed by atoms with Crippen LogP contribution in [-0.2, 0) is 6.42 Å². The lowest BCUT2D eigenvalue weighted by atomic mass is 9.97. The SMILES string of the molecule is Cc1occc1C(N)c1cc(Br)cc2c1OCC2. The van der Waals surface area contributed by atoms with Crippen molar-refractivity contribution in [3.8, 4) is 5.75 Å². The zero-order chi connectivity index (χ0) is 12.7. The summed E-state index contributed by atoms with van der Waals surface area (Å²) in [5.41, 5.74) is 9.58. The number of ether oxygens (including phenoxy) is 1. The van der Waals surface area contributed by atoms with Crippen molar-refractivity contribution >= 4 is 15.9 Å². The largest absolute Gasteiger partial charge is 0.493 e. The monoisotopic (exact) mass is 307 g/mol. The van der Waals surface area contributed by atoms with Crippen molar-refractivity contribution in [2.45, 2.75) is 19.4 Å². The summed E-state index contributed by atoms with van der Waals surface area (Å²) < 4.78 is 12.1. The average molecular weight is 308 g/mol. The van der Waals surface area contributed by atoms with Gasteiger partial charge in [0, 0.05) is 22.0 Å². The van der Waals surface area contributed by atoms with Crippen LogP contribution in [0.5, 0.6) is 5.75 Å². The highest BCUT2D eigenvalue weighted by atomic mass is 79.9. The van der Waals surface area contributed by atoms with Gasteiger partial charge in [-0.2, -0.15) is 0 Å².